The molecule has 0 aliphatic heterocycles. The Hall–Kier alpha value is -0.840. The molecule has 2 atom stereocenters. The third-order valence-electron chi connectivity index (χ3n) is 2.91. The molecule has 1 fully saturated rings. The predicted molar refractivity (Wildman–Crippen MR) is 57.3 cm³/mol. The van der Waals surface area contributed by atoms with Crippen LogP contribution in [0.15, 0.2) is 0 Å². The summed E-state index contributed by atoms with van der Waals surface area (Å²) in [7, 11) is 0. The van der Waals surface area contributed by atoms with E-state index >= 15 is 0 Å². The molecule has 0 radical (unpaired) electrons. The van der Waals surface area contributed by atoms with E-state index in [1.165, 1.54) is 6.42 Å². The molecule has 88 valence electrons. The van der Waals surface area contributed by atoms with Crippen LogP contribution in [-0.2, 0) is 0 Å². The van der Waals surface area contributed by atoms with Crippen LogP contribution in [0.4, 0.5) is 9.18 Å². The van der Waals surface area contributed by atoms with Crippen molar-refractivity contribution in [1.29, 1.82) is 0 Å². The maximum atomic E-state index is 11.8. The van der Waals surface area contributed by atoms with Crippen LogP contribution in [0, 0.1) is 5.92 Å². The third-order valence-corrected chi connectivity index (χ3v) is 2.91. The Bertz CT molecular complexity index is 201. The van der Waals surface area contributed by atoms with E-state index < -0.39 is 6.67 Å². The highest BCUT2D eigenvalue weighted by Crippen LogP contribution is 2.23. The molecule has 0 aromatic rings. The highest BCUT2D eigenvalue weighted by Gasteiger charge is 2.24. The Labute approximate surface area is 89.8 Å². The van der Waals surface area contributed by atoms with Gasteiger partial charge < -0.3 is 16.4 Å². The van der Waals surface area contributed by atoms with E-state index in [-0.39, 0.29) is 18.6 Å². The van der Waals surface area contributed by atoms with Crippen LogP contribution in [0.3, 0.4) is 0 Å². The molecule has 0 heterocycles. The van der Waals surface area contributed by atoms with Crippen LogP contribution in [-0.4, -0.2) is 31.8 Å². The lowest BCUT2D eigenvalue weighted by Crippen LogP contribution is -2.48. The van der Waals surface area contributed by atoms with Crippen molar-refractivity contribution in [1.82, 2.24) is 10.6 Å². The highest BCUT2D eigenvalue weighted by molar-refractivity contribution is 5.74. The summed E-state index contributed by atoms with van der Waals surface area (Å²) in [6.07, 6.45) is 4.37. The zero-order valence-corrected chi connectivity index (χ0v) is 8.97. The summed E-state index contributed by atoms with van der Waals surface area (Å²) in [6, 6.07) is -0.124. The average Bonchev–Trinajstić information content (AvgIpc) is 2.27. The van der Waals surface area contributed by atoms with Crippen LogP contribution in [0.25, 0.3) is 0 Å². The highest BCUT2D eigenvalue weighted by atomic mass is 19.1. The van der Waals surface area contributed by atoms with E-state index in [9.17, 15) is 9.18 Å². The van der Waals surface area contributed by atoms with Crippen molar-refractivity contribution in [3.63, 3.8) is 0 Å². The fourth-order valence-electron chi connectivity index (χ4n) is 2.06. The Morgan fingerprint density at radius 2 is 2.13 bits per heavy atom. The minimum atomic E-state index is -0.529. The summed E-state index contributed by atoms with van der Waals surface area (Å²) in [5.74, 6) is 0.370. The second-order valence-electron chi connectivity index (χ2n) is 3.98. The molecular weight excluding hydrogens is 197 g/mol. The zero-order valence-electron chi connectivity index (χ0n) is 8.97. The Balaban J connectivity index is 2.30. The predicted octanol–water partition coefficient (Wildman–Crippen LogP) is 0.773. The molecular formula is C10H20FN3O. The quantitative estimate of drug-likeness (QED) is 0.651. The van der Waals surface area contributed by atoms with Crippen molar-refractivity contribution in [2.75, 3.05) is 19.8 Å². The lowest BCUT2D eigenvalue weighted by Gasteiger charge is -2.31. The van der Waals surface area contributed by atoms with Gasteiger partial charge in [0.15, 0.2) is 0 Å². The van der Waals surface area contributed by atoms with Gasteiger partial charge in [-0.05, 0) is 25.3 Å². The van der Waals surface area contributed by atoms with Gasteiger partial charge >= 0.3 is 6.03 Å². The number of hydrogen-bond acceptors (Lipinski definition) is 2. The second kappa shape index (κ2) is 6.61. The zero-order chi connectivity index (χ0) is 11.1. The van der Waals surface area contributed by atoms with Crippen molar-refractivity contribution in [3.05, 3.63) is 0 Å². The van der Waals surface area contributed by atoms with Crippen molar-refractivity contribution < 1.29 is 9.18 Å². The lowest BCUT2D eigenvalue weighted by atomic mass is 9.84. The topological polar surface area (TPSA) is 67.1 Å². The molecule has 15 heavy (non-hydrogen) atoms. The largest absolute Gasteiger partial charge is 0.336 e. The maximum Gasteiger partial charge on any atom is 0.315 e. The number of carbonyl (C=O) groups excluding carboxylic acids is 1. The standard InChI is InChI=1S/C10H20FN3O/c11-5-6-13-10(15)14-9-4-2-1-3-8(9)7-12/h8-9H,1-7,12H2,(H2,13,14,15). The van der Waals surface area contributed by atoms with Crippen molar-refractivity contribution >= 4 is 6.03 Å². The van der Waals surface area contributed by atoms with Crippen LogP contribution in [0.1, 0.15) is 25.7 Å². The minimum Gasteiger partial charge on any atom is -0.336 e. The third kappa shape index (κ3) is 4.03. The van der Waals surface area contributed by atoms with Gasteiger partial charge in [0.2, 0.25) is 0 Å². The summed E-state index contributed by atoms with van der Waals surface area (Å²) in [5.41, 5.74) is 5.64. The van der Waals surface area contributed by atoms with E-state index in [0.717, 1.165) is 19.3 Å². The average molecular weight is 217 g/mol. The number of carbonyl (C=O) groups is 1. The molecule has 0 saturated heterocycles. The molecule has 1 aliphatic carbocycles. The first-order valence-corrected chi connectivity index (χ1v) is 5.58. The van der Waals surface area contributed by atoms with Gasteiger partial charge in [0.25, 0.3) is 0 Å². The number of urea groups is 1. The SMILES string of the molecule is NCC1CCCCC1NC(=O)NCCF. The van der Waals surface area contributed by atoms with Gasteiger partial charge in [0.1, 0.15) is 6.67 Å². The van der Waals surface area contributed by atoms with Gasteiger partial charge in [-0.1, -0.05) is 12.8 Å². The Morgan fingerprint density at radius 3 is 2.80 bits per heavy atom. The fourth-order valence-corrected chi connectivity index (χ4v) is 2.06. The molecule has 0 spiro atoms. The molecule has 1 aliphatic rings. The monoisotopic (exact) mass is 217 g/mol. The van der Waals surface area contributed by atoms with Gasteiger partial charge in [-0.3, -0.25) is 0 Å². The van der Waals surface area contributed by atoms with Crippen LogP contribution in [0.2, 0.25) is 0 Å². The summed E-state index contributed by atoms with van der Waals surface area (Å²) in [5, 5.41) is 5.32. The molecule has 1 rings (SSSR count). The van der Waals surface area contributed by atoms with Gasteiger partial charge in [-0.25, -0.2) is 9.18 Å². The van der Waals surface area contributed by atoms with E-state index in [1.54, 1.807) is 0 Å². The number of nitrogens with one attached hydrogen (secondary N) is 2. The van der Waals surface area contributed by atoms with Gasteiger partial charge in [0.05, 0.1) is 0 Å². The van der Waals surface area contributed by atoms with Gasteiger partial charge in [-0.15, -0.1) is 0 Å². The smallest absolute Gasteiger partial charge is 0.315 e. The number of halogens is 1. The van der Waals surface area contributed by atoms with E-state index in [2.05, 4.69) is 10.6 Å². The van der Waals surface area contributed by atoms with E-state index in [0.29, 0.717) is 12.5 Å². The summed E-state index contributed by atoms with van der Waals surface area (Å²) >= 11 is 0. The lowest BCUT2D eigenvalue weighted by molar-refractivity contribution is 0.218. The number of alkyl halides is 1. The van der Waals surface area contributed by atoms with Crippen LogP contribution < -0.4 is 16.4 Å². The summed E-state index contributed by atoms with van der Waals surface area (Å²) in [6.45, 7) is 0.151. The second-order valence-corrected chi connectivity index (χ2v) is 3.98. The molecule has 4 nitrogen and oxygen atoms in total. The molecule has 5 heteroatoms. The summed E-state index contributed by atoms with van der Waals surface area (Å²) < 4.78 is 11.8. The van der Waals surface area contributed by atoms with Crippen molar-refractivity contribution in [2.24, 2.45) is 11.7 Å². The van der Waals surface area contributed by atoms with Crippen molar-refractivity contribution in [3.8, 4) is 0 Å². The molecule has 0 aromatic carbocycles. The van der Waals surface area contributed by atoms with Gasteiger partial charge in [-0.2, -0.15) is 0 Å². The normalized spacial score (nSPS) is 26.0. The molecule has 0 bridgehead atoms. The minimum absolute atomic E-state index is 0.0752. The molecule has 1 saturated carbocycles. The number of amides is 2. The van der Waals surface area contributed by atoms with E-state index in [4.69, 9.17) is 5.73 Å². The number of nitrogens with two attached hydrogens (primary N) is 1. The van der Waals surface area contributed by atoms with E-state index in [1.807, 2.05) is 0 Å². The van der Waals surface area contributed by atoms with Crippen molar-refractivity contribution in [2.45, 2.75) is 31.7 Å². The Kier molecular flexibility index (Phi) is 5.39. The Morgan fingerprint density at radius 1 is 1.40 bits per heavy atom. The number of rotatable bonds is 4. The van der Waals surface area contributed by atoms with Crippen LogP contribution >= 0.6 is 0 Å². The first kappa shape index (κ1) is 12.2. The first-order valence-electron chi connectivity index (χ1n) is 5.58. The molecule has 2 unspecified atom stereocenters. The maximum absolute atomic E-state index is 11.8. The molecule has 4 N–H and O–H groups in total. The number of hydrogen-bond donors (Lipinski definition) is 3. The van der Waals surface area contributed by atoms with Crippen LogP contribution in [0.5, 0.6) is 0 Å². The molecule has 0 aromatic heterocycles. The summed E-state index contributed by atoms with van der Waals surface area (Å²) in [4.78, 5) is 11.3. The fraction of sp³-hybridized carbons (Fsp3) is 0.900. The first-order chi connectivity index (χ1) is 7.27. The van der Waals surface area contributed by atoms with Gasteiger partial charge in [0, 0.05) is 12.6 Å². The molecule has 2 amide bonds.